The summed E-state index contributed by atoms with van der Waals surface area (Å²) in [5, 5.41) is 7.32. The molecule has 140 valence electrons. The van der Waals surface area contributed by atoms with Crippen LogP contribution in [0.2, 0.25) is 0 Å². The van der Waals surface area contributed by atoms with Crippen LogP contribution in [0.3, 0.4) is 0 Å². The van der Waals surface area contributed by atoms with Gasteiger partial charge in [-0.25, -0.2) is 0 Å². The van der Waals surface area contributed by atoms with Crippen LogP contribution in [-0.4, -0.2) is 65.1 Å². The quantitative estimate of drug-likeness (QED) is 0.870. The highest BCUT2D eigenvalue weighted by Crippen LogP contribution is 2.24. The number of carbonyl (C=O) groups excluding carboxylic acids is 1. The monoisotopic (exact) mass is 349 g/mol. The Morgan fingerprint density at radius 1 is 1.32 bits per heavy atom. The smallest absolute Gasteiger partial charge is 0.243 e. The minimum absolute atomic E-state index is 0.102. The zero-order valence-electron chi connectivity index (χ0n) is 15.7. The topological polar surface area (TPSA) is 74.5 Å². The molecule has 0 radical (unpaired) electrons. The standard InChI is InChI=1S/C18H31N5O2/c1-13(16-5-4-6-19-12-16)11-17(24)23-9-7-22(8-10-23)14(2)18-20-15(3)21-25-18/h13-14,16,19H,4-12H2,1-3H3. The van der Waals surface area contributed by atoms with Gasteiger partial charge in [0.15, 0.2) is 5.82 Å². The fraction of sp³-hybridized carbons (Fsp3) is 0.833. The first-order valence-corrected chi connectivity index (χ1v) is 9.57. The highest BCUT2D eigenvalue weighted by atomic mass is 16.5. The average molecular weight is 349 g/mol. The molecule has 3 unspecified atom stereocenters. The van der Waals surface area contributed by atoms with Gasteiger partial charge in [-0.3, -0.25) is 9.69 Å². The molecule has 1 aromatic heterocycles. The van der Waals surface area contributed by atoms with E-state index in [0.29, 0.717) is 35.9 Å². The lowest BCUT2D eigenvalue weighted by atomic mass is 9.85. The summed E-state index contributed by atoms with van der Waals surface area (Å²) < 4.78 is 5.28. The first kappa shape index (κ1) is 18.3. The molecule has 2 aliphatic rings. The Hall–Kier alpha value is -1.47. The second-order valence-corrected chi connectivity index (χ2v) is 7.56. The molecule has 7 nitrogen and oxygen atoms in total. The van der Waals surface area contributed by atoms with Crippen molar-refractivity contribution in [3.8, 4) is 0 Å². The van der Waals surface area contributed by atoms with Crippen molar-refractivity contribution in [1.29, 1.82) is 0 Å². The predicted molar refractivity (Wildman–Crippen MR) is 95.0 cm³/mol. The summed E-state index contributed by atoms with van der Waals surface area (Å²) >= 11 is 0. The Morgan fingerprint density at radius 2 is 2.08 bits per heavy atom. The van der Waals surface area contributed by atoms with E-state index in [9.17, 15) is 4.79 Å². The highest BCUT2D eigenvalue weighted by Gasteiger charge is 2.29. The van der Waals surface area contributed by atoms with Gasteiger partial charge < -0.3 is 14.7 Å². The molecule has 1 amide bonds. The van der Waals surface area contributed by atoms with Crippen LogP contribution in [0.25, 0.3) is 0 Å². The van der Waals surface area contributed by atoms with Crippen molar-refractivity contribution in [3.63, 3.8) is 0 Å². The molecule has 3 heterocycles. The van der Waals surface area contributed by atoms with Gasteiger partial charge in [0.05, 0.1) is 6.04 Å². The zero-order chi connectivity index (χ0) is 17.8. The average Bonchev–Trinajstić information content (AvgIpc) is 3.08. The highest BCUT2D eigenvalue weighted by molar-refractivity contribution is 5.76. The molecule has 0 aliphatic carbocycles. The van der Waals surface area contributed by atoms with Crippen molar-refractivity contribution in [2.24, 2.45) is 11.8 Å². The van der Waals surface area contributed by atoms with Gasteiger partial charge in [0.25, 0.3) is 0 Å². The Morgan fingerprint density at radius 3 is 2.68 bits per heavy atom. The summed E-state index contributed by atoms with van der Waals surface area (Å²) in [5.74, 6) is 2.73. The van der Waals surface area contributed by atoms with Crippen LogP contribution >= 0.6 is 0 Å². The maximum Gasteiger partial charge on any atom is 0.243 e. The Bertz CT molecular complexity index is 562. The molecule has 25 heavy (non-hydrogen) atoms. The van der Waals surface area contributed by atoms with Gasteiger partial charge in [0.2, 0.25) is 11.8 Å². The van der Waals surface area contributed by atoms with Gasteiger partial charge >= 0.3 is 0 Å². The van der Waals surface area contributed by atoms with E-state index in [4.69, 9.17) is 4.52 Å². The third-order valence-electron chi connectivity index (χ3n) is 5.75. The summed E-state index contributed by atoms with van der Waals surface area (Å²) in [4.78, 5) is 21.3. The minimum Gasteiger partial charge on any atom is -0.340 e. The van der Waals surface area contributed by atoms with Crippen LogP contribution in [-0.2, 0) is 4.79 Å². The SMILES string of the molecule is Cc1noc(C(C)N2CCN(C(=O)CC(C)C3CCCNC3)CC2)n1. The Labute approximate surface area is 150 Å². The largest absolute Gasteiger partial charge is 0.340 e. The number of piperidine rings is 1. The van der Waals surface area contributed by atoms with Crippen LogP contribution in [0.5, 0.6) is 0 Å². The number of nitrogens with zero attached hydrogens (tertiary/aromatic N) is 4. The van der Waals surface area contributed by atoms with Gasteiger partial charge in [-0.1, -0.05) is 12.1 Å². The van der Waals surface area contributed by atoms with Crippen LogP contribution in [0.1, 0.15) is 50.9 Å². The van der Waals surface area contributed by atoms with Gasteiger partial charge in [0.1, 0.15) is 0 Å². The molecule has 3 rings (SSSR count). The number of hydrogen-bond donors (Lipinski definition) is 1. The first-order valence-electron chi connectivity index (χ1n) is 9.57. The number of carbonyl (C=O) groups is 1. The van der Waals surface area contributed by atoms with Crippen LogP contribution in [0.15, 0.2) is 4.52 Å². The van der Waals surface area contributed by atoms with E-state index in [0.717, 1.165) is 39.3 Å². The minimum atomic E-state index is 0.102. The predicted octanol–water partition coefficient (Wildman–Crippen LogP) is 1.61. The van der Waals surface area contributed by atoms with Crippen molar-refractivity contribution >= 4 is 5.91 Å². The van der Waals surface area contributed by atoms with E-state index < -0.39 is 0 Å². The Kier molecular flexibility index (Phi) is 6.06. The van der Waals surface area contributed by atoms with Crippen molar-refractivity contribution in [1.82, 2.24) is 25.3 Å². The second-order valence-electron chi connectivity index (χ2n) is 7.56. The number of amides is 1. The molecule has 0 spiro atoms. The molecule has 2 aliphatic heterocycles. The zero-order valence-corrected chi connectivity index (χ0v) is 15.7. The fourth-order valence-electron chi connectivity index (χ4n) is 3.93. The number of hydrogen-bond acceptors (Lipinski definition) is 6. The molecule has 2 saturated heterocycles. The lowest BCUT2D eigenvalue weighted by molar-refractivity contribution is -0.134. The molecule has 1 N–H and O–H groups in total. The Balaban J connectivity index is 1.45. The van der Waals surface area contributed by atoms with E-state index in [1.807, 2.05) is 11.8 Å². The lowest BCUT2D eigenvalue weighted by Gasteiger charge is -2.37. The summed E-state index contributed by atoms with van der Waals surface area (Å²) in [6, 6.07) is 0.102. The molecular weight excluding hydrogens is 318 g/mol. The maximum atomic E-state index is 12.6. The lowest BCUT2D eigenvalue weighted by Crippen LogP contribution is -2.49. The van der Waals surface area contributed by atoms with Gasteiger partial charge in [-0.2, -0.15) is 4.98 Å². The van der Waals surface area contributed by atoms with Crippen LogP contribution in [0.4, 0.5) is 0 Å². The summed E-state index contributed by atoms with van der Waals surface area (Å²) in [7, 11) is 0. The molecule has 2 fully saturated rings. The van der Waals surface area contributed by atoms with E-state index in [1.165, 1.54) is 12.8 Å². The van der Waals surface area contributed by atoms with Gasteiger partial charge in [0, 0.05) is 32.6 Å². The third-order valence-corrected chi connectivity index (χ3v) is 5.75. The molecule has 1 aromatic rings. The number of piperazine rings is 1. The molecule has 0 saturated carbocycles. The first-order chi connectivity index (χ1) is 12.0. The summed E-state index contributed by atoms with van der Waals surface area (Å²) in [6.07, 6.45) is 3.15. The van der Waals surface area contributed by atoms with Crippen molar-refractivity contribution in [2.45, 2.75) is 46.1 Å². The molecule has 3 atom stereocenters. The number of aryl methyl sites for hydroxylation is 1. The maximum absolute atomic E-state index is 12.6. The van der Waals surface area contributed by atoms with E-state index in [-0.39, 0.29) is 6.04 Å². The van der Waals surface area contributed by atoms with Crippen LogP contribution < -0.4 is 5.32 Å². The second kappa shape index (κ2) is 8.27. The van der Waals surface area contributed by atoms with Crippen molar-refractivity contribution in [2.75, 3.05) is 39.3 Å². The summed E-state index contributed by atoms with van der Waals surface area (Å²) in [6.45, 7) is 11.6. The summed E-state index contributed by atoms with van der Waals surface area (Å²) in [5.41, 5.74) is 0. The molecule has 0 bridgehead atoms. The fourth-order valence-corrected chi connectivity index (χ4v) is 3.93. The van der Waals surface area contributed by atoms with Gasteiger partial charge in [-0.15, -0.1) is 0 Å². The number of nitrogens with one attached hydrogen (secondary N) is 1. The third kappa shape index (κ3) is 4.58. The van der Waals surface area contributed by atoms with E-state index >= 15 is 0 Å². The van der Waals surface area contributed by atoms with E-state index in [1.54, 1.807) is 0 Å². The molecule has 0 aromatic carbocycles. The van der Waals surface area contributed by atoms with Crippen LogP contribution in [0, 0.1) is 18.8 Å². The van der Waals surface area contributed by atoms with E-state index in [2.05, 4.69) is 34.2 Å². The van der Waals surface area contributed by atoms with Crippen molar-refractivity contribution in [3.05, 3.63) is 11.7 Å². The van der Waals surface area contributed by atoms with Gasteiger partial charge in [-0.05, 0) is 51.6 Å². The van der Waals surface area contributed by atoms with Crippen molar-refractivity contribution < 1.29 is 9.32 Å². The normalized spacial score (nSPS) is 24.9. The number of aromatic nitrogens is 2. The molecule has 7 heteroatoms. The molecular formula is C18H31N5O2. The number of rotatable bonds is 5.